The zero-order valence-electron chi connectivity index (χ0n) is 7.81. The maximum absolute atomic E-state index is 13.1. The molecule has 1 nitrogen and oxygen atoms in total. The van der Waals surface area contributed by atoms with E-state index in [1.54, 1.807) is 6.92 Å². The predicted octanol–water partition coefficient (Wildman–Crippen LogP) is 3.21. The molecule has 2 rings (SSSR count). The van der Waals surface area contributed by atoms with Gasteiger partial charge in [-0.05, 0) is 43.5 Å². The summed E-state index contributed by atoms with van der Waals surface area (Å²) in [4.78, 5) is 11.4. The van der Waals surface area contributed by atoms with Crippen molar-refractivity contribution in [1.29, 1.82) is 0 Å². The van der Waals surface area contributed by atoms with Gasteiger partial charge in [0.25, 0.3) is 0 Å². The van der Waals surface area contributed by atoms with Crippen LogP contribution in [0.15, 0.2) is 22.7 Å². The molecule has 0 bridgehead atoms. The molecule has 0 aliphatic heterocycles. The first-order valence-electron chi connectivity index (χ1n) is 4.52. The van der Waals surface area contributed by atoms with Gasteiger partial charge in [0.15, 0.2) is 0 Å². The predicted molar refractivity (Wildman–Crippen MR) is 55.7 cm³/mol. The molecule has 0 saturated heterocycles. The van der Waals surface area contributed by atoms with Gasteiger partial charge in [0, 0.05) is 4.47 Å². The number of benzene rings is 1. The number of hydrogen-bond donors (Lipinski definition) is 0. The van der Waals surface area contributed by atoms with Crippen LogP contribution in [0, 0.1) is 5.82 Å². The van der Waals surface area contributed by atoms with Crippen molar-refractivity contribution < 1.29 is 9.18 Å². The third-order valence-corrected chi connectivity index (χ3v) is 3.30. The normalized spacial score (nSPS) is 17.9. The van der Waals surface area contributed by atoms with Crippen molar-refractivity contribution in [3.05, 3.63) is 34.1 Å². The number of hydrogen-bond acceptors (Lipinski definition) is 1. The van der Waals surface area contributed by atoms with Crippen molar-refractivity contribution in [2.45, 2.75) is 25.2 Å². The molecule has 0 amide bonds. The maximum atomic E-state index is 13.1. The van der Waals surface area contributed by atoms with Crippen molar-refractivity contribution in [3.63, 3.8) is 0 Å². The summed E-state index contributed by atoms with van der Waals surface area (Å²) in [6.45, 7) is 1.58. The van der Waals surface area contributed by atoms with E-state index in [0.717, 1.165) is 18.4 Å². The molecule has 1 aliphatic rings. The van der Waals surface area contributed by atoms with E-state index in [9.17, 15) is 9.18 Å². The summed E-state index contributed by atoms with van der Waals surface area (Å²) < 4.78 is 13.8. The highest BCUT2D eigenvalue weighted by molar-refractivity contribution is 9.10. The van der Waals surface area contributed by atoms with Gasteiger partial charge >= 0.3 is 0 Å². The van der Waals surface area contributed by atoms with Crippen LogP contribution in [0.1, 0.15) is 25.3 Å². The lowest BCUT2D eigenvalue weighted by atomic mass is 9.92. The smallest absolute Gasteiger partial charge is 0.140 e. The summed E-state index contributed by atoms with van der Waals surface area (Å²) in [5.74, 6) is -0.156. The van der Waals surface area contributed by atoms with Crippen LogP contribution >= 0.6 is 15.9 Å². The summed E-state index contributed by atoms with van der Waals surface area (Å²) in [5.41, 5.74) is 0.418. The Morgan fingerprint density at radius 3 is 2.50 bits per heavy atom. The monoisotopic (exact) mass is 256 g/mol. The van der Waals surface area contributed by atoms with E-state index in [4.69, 9.17) is 0 Å². The van der Waals surface area contributed by atoms with Crippen LogP contribution < -0.4 is 0 Å². The van der Waals surface area contributed by atoms with Gasteiger partial charge in [-0.2, -0.15) is 0 Å². The SMILES string of the molecule is CC(=O)C1(c2cc(F)cc(Br)c2)CC1. The Morgan fingerprint density at radius 1 is 1.43 bits per heavy atom. The fourth-order valence-corrected chi connectivity index (χ4v) is 2.26. The highest BCUT2D eigenvalue weighted by Gasteiger charge is 2.48. The number of rotatable bonds is 2. The Kier molecular flexibility index (Phi) is 2.22. The minimum absolute atomic E-state index is 0.134. The highest BCUT2D eigenvalue weighted by atomic mass is 79.9. The Balaban J connectivity index is 2.47. The lowest BCUT2D eigenvalue weighted by Gasteiger charge is -2.12. The van der Waals surface area contributed by atoms with E-state index in [0.29, 0.717) is 4.47 Å². The number of Topliss-reactive ketones (excluding diaryl/α,β-unsaturated/α-hetero) is 1. The van der Waals surface area contributed by atoms with E-state index in [1.807, 2.05) is 6.07 Å². The Hall–Kier alpha value is -0.700. The average Bonchev–Trinajstić information content (AvgIpc) is 2.81. The van der Waals surface area contributed by atoms with Crippen molar-refractivity contribution in [3.8, 4) is 0 Å². The molecule has 74 valence electrons. The topological polar surface area (TPSA) is 17.1 Å². The van der Waals surface area contributed by atoms with Crippen molar-refractivity contribution >= 4 is 21.7 Å². The fourth-order valence-electron chi connectivity index (χ4n) is 1.80. The first kappa shape index (κ1) is 9.84. The molecule has 0 radical (unpaired) electrons. The number of ketones is 1. The lowest BCUT2D eigenvalue weighted by Crippen LogP contribution is -2.17. The van der Waals surface area contributed by atoms with Crippen molar-refractivity contribution in [2.75, 3.05) is 0 Å². The first-order valence-corrected chi connectivity index (χ1v) is 5.31. The maximum Gasteiger partial charge on any atom is 0.140 e. The van der Waals surface area contributed by atoms with Gasteiger partial charge in [-0.25, -0.2) is 4.39 Å². The third-order valence-electron chi connectivity index (χ3n) is 2.84. The first-order chi connectivity index (χ1) is 6.54. The molecule has 0 N–H and O–H groups in total. The molecule has 3 heteroatoms. The Bertz CT molecular complexity index is 376. The number of carbonyl (C=O) groups is 1. The van der Waals surface area contributed by atoms with Crippen molar-refractivity contribution in [2.24, 2.45) is 0 Å². The molecule has 1 aromatic carbocycles. The van der Waals surface area contributed by atoms with Crippen LogP contribution in [0.4, 0.5) is 4.39 Å². The molecule has 0 atom stereocenters. The molecule has 0 unspecified atom stereocenters. The molecule has 0 heterocycles. The van der Waals surface area contributed by atoms with Crippen LogP contribution in [-0.4, -0.2) is 5.78 Å². The van der Waals surface area contributed by atoms with E-state index in [1.165, 1.54) is 12.1 Å². The molecular formula is C11H10BrFO. The van der Waals surface area contributed by atoms with E-state index < -0.39 is 0 Å². The van der Waals surface area contributed by atoms with Gasteiger partial charge in [-0.3, -0.25) is 4.79 Å². The molecular weight excluding hydrogens is 247 g/mol. The average molecular weight is 257 g/mol. The zero-order valence-corrected chi connectivity index (χ0v) is 9.40. The Labute approximate surface area is 90.4 Å². The number of halogens is 2. The van der Waals surface area contributed by atoms with Gasteiger partial charge in [0.1, 0.15) is 11.6 Å². The van der Waals surface area contributed by atoms with Crippen LogP contribution in [0.2, 0.25) is 0 Å². The standard InChI is InChI=1S/C11H10BrFO/c1-7(14)11(2-3-11)8-4-9(12)6-10(13)5-8/h4-6H,2-3H2,1H3. The molecule has 1 aliphatic carbocycles. The minimum atomic E-state index is -0.384. The van der Waals surface area contributed by atoms with E-state index in [-0.39, 0.29) is 17.0 Å². The highest BCUT2D eigenvalue weighted by Crippen LogP contribution is 2.49. The summed E-state index contributed by atoms with van der Waals surface area (Å²) in [6, 6.07) is 4.69. The van der Waals surface area contributed by atoms with Gasteiger partial charge < -0.3 is 0 Å². The molecule has 0 spiro atoms. The quantitative estimate of drug-likeness (QED) is 0.795. The minimum Gasteiger partial charge on any atom is -0.299 e. The molecule has 1 aromatic rings. The molecule has 1 saturated carbocycles. The van der Waals surface area contributed by atoms with E-state index >= 15 is 0 Å². The van der Waals surface area contributed by atoms with Gasteiger partial charge in [0.2, 0.25) is 0 Å². The van der Waals surface area contributed by atoms with Crippen LogP contribution in [0.3, 0.4) is 0 Å². The zero-order chi connectivity index (χ0) is 10.3. The second-order valence-electron chi connectivity index (χ2n) is 3.80. The molecule has 0 aromatic heterocycles. The van der Waals surface area contributed by atoms with Gasteiger partial charge in [-0.1, -0.05) is 15.9 Å². The second-order valence-corrected chi connectivity index (χ2v) is 4.71. The third kappa shape index (κ3) is 1.50. The molecule has 1 fully saturated rings. The summed E-state index contributed by atoms with van der Waals surface area (Å²) >= 11 is 3.23. The summed E-state index contributed by atoms with van der Waals surface area (Å²) in [5, 5.41) is 0. The second kappa shape index (κ2) is 3.16. The fraction of sp³-hybridized carbons (Fsp3) is 0.364. The van der Waals surface area contributed by atoms with Crippen LogP contribution in [0.5, 0.6) is 0 Å². The van der Waals surface area contributed by atoms with E-state index in [2.05, 4.69) is 15.9 Å². The number of carbonyl (C=O) groups excluding carboxylic acids is 1. The van der Waals surface area contributed by atoms with Gasteiger partial charge in [0.05, 0.1) is 5.41 Å². The van der Waals surface area contributed by atoms with Gasteiger partial charge in [-0.15, -0.1) is 0 Å². The lowest BCUT2D eigenvalue weighted by molar-refractivity contribution is -0.119. The molecule has 14 heavy (non-hydrogen) atoms. The van der Waals surface area contributed by atoms with Crippen LogP contribution in [0.25, 0.3) is 0 Å². The van der Waals surface area contributed by atoms with Crippen LogP contribution in [-0.2, 0) is 10.2 Å². The van der Waals surface area contributed by atoms with Crippen molar-refractivity contribution in [1.82, 2.24) is 0 Å². The Morgan fingerprint density at radius 2 is 2.07 bits per heavy atom. The summed E-state index contributed by atoms with van der Waals surface area (Å²) in [7, 11) is 0. The largest absolute Gasteiger partial charge is 0.299 e. The summed E-state index contributed by atoms with van der Waals surface area (Å²) in [6.07, 6.45) is 1.69.